The van der Waals surface area contributed by atoms with Gasteiger partial charge in [0.05, 0.1) is 31.5 Å². The maximum Gasteiger partial charge on any atom is 0.411 e. The molecule has 2 aromatic heterocycles. The highest BCUT2D eigenvalue weighted by Crippen LogP contribution is 2.43. The molecule has 0 spiro atoms. The zero-order valence-electron chi connectivity index (χ0n) is 15.1. The Morgan fingerprint density at radius 3 is 2.96 bits per heavy atom. The predicted octanol–water partition coefficient (Wildman–Crippen LogP) is 3.48. The molecule has 144 valence electrons. The lowest BCUT2D eigenvalue weighted by molar-refractivity contribution is 0.0653. The predicted molar refractivity (Wildman–Crippen MR) is 102 cm³/mol. The highest BCUT2D eigenvalue weighted by atomic mass is 35.5. The third kappa shape index (κ3) is 2.91. The molecule has 0 unspecified atom stereocenters. The van der Waals surface area contributed by atoms with E-state index in [9.17, 15) is 4.79 Å². The van der Waals surface area contributed by atoms with Gasteiger partial charge in [-0.25, -0.2) is 14.8 Å². The Morgan fingerprint density at radius 2 is 2.11 bits per heavy atom. The summed E-state index contributed by atoms with van der Waals surface area (Å²) in [5.74, 6) is 1.05. The minimum atomic E-state index is -0.344. The van der Waals surface area contributed by atoms with Gasteiger partial charge in [0.2, 0.25) is 0 Å². The number of carbonyl (C=O) groups is 1. The Hall–Kier alpha value is -2.64. The van der Waals surface area contributed by atoms with Crippen LogP contribution in [0.25, 0.3) is 5.52 Å². The molecule has 8 heteroatoms. The fourth-order valence-electron chi connectivity index (χ4n) is 4.20. The van der Waals surface area contributed by atoms with Gasteiger partial charge in [0.25, 0.3) is 0 Å². The van der Waals surface area contributed by atoms with E-state index < -0.39 is 0 Å². The molecule has 0 radical (unpaired) electrons. The first-order valence-electron chi connectivity index (χ1n) is 9.26. The number of benzene rings is 1. The van der Waals surface area contributed by atoms with Crippen LogP contribution in [0.5, 0.6) is 0 Å². The summed E-state index contributed by atoms with van der Waals surface area (Å²) in [6.07, 6.45) is 5.59. The van der Waals surface area contributed by atoms with Gasteiger partial charge in [0.15, 0.2) is 5.15 Å². The van der Waals surface area contributed by atoms with Crippen molar-refractivity contribution in [3.63, 3.8) is 0 Å². The molecule has 0 saturated carbocycles. The van der Waals surface area contributed by atoms with Crippen molar-refractivity contribution in [3.8, 4) is 0 Å². The zero-order valence-corrected chi connectivity index (χ0v) is 15.8. The number of hydrogen-bond acceptors (Lipinski definition) is 5. The maximum atomic E-state index is 13.0. The summed E-state index contributed by atoms with van der Waals surface area (Å²) >= 11 is 6.19. The summed E-state index contributed by atoms with van der Waals surface area (Å²) in [6.45, 7) is 1.40. The number of amides is 1. The lowest BCUT2D eigenvalue weighted by atomic mass is 10.0. The van der Waals surface area contributed by atoms with E-state index in [2.05, 4.69) is 9.97 Å². The number of rotatable bonds is 3. The summed E-state index contributed by atoms with van der Waals surface area (Å²) < 4.78 is 13.2. The summed E-state index contributed by atoms with van der Waals surface area (Å²) in [4.78, 5) is 23.5. The molecule has 28 heavy (non-hydrogen) atoms. The second-order valence-electron chi connectivity index (χ2n) is 7.15. The molecule has 2 aliphatic rings. The molecule has 3 atom stereocenters. The van der Waals surface area contributed by atoms with Crippen LogP contribution in [-0.4, -0.2) is 44.6 Å². The van der Waals surface area contributed by atoms with Gasteiger partial charge in [-0.05, 0) is 12.0 Å². The van der Waals surface area contributed by atoms with Crippen molar-refractivity contribution >= 4 is 23.2 Å². The second-order valence-corrected chi connectivity index (χ2v) is 7.51. The molecule has 0 bridgehead atoms. The molecule has 7 nitrogen and oxygen atoms in total. The highest BCUT2D eigenvalue weighted by molar-refractivity contribution is 6.32. The second kappa shape index (κ2) is 7.07. The van der Waals surface area contributed by atoms with Crippen LogP contribution in [0.3, 0.4) is 0 Å². The number of halogens is 1. The Morgan fingerprint density at radius 1 is 1.25 bits per heavy atom. The highest BCUT2D eigenvalue weighted by Gasteiger charge is 2.49. The number of aromatic nitrogens is 3. The molecular formula is C20H19ClN4O3. The molecule has 2 aliphatic heterocycles. The van der Waals surface area contributed by atoms with Crippen LogP contribution >= 0.6 is 11.6 Å². The molecule has 3 aromatic rings. The lowest BCUT2D eigenvalue weighted by Crippen LogP contribution is -2.40. The van der Waals surface area contributed by atoms with E-state index in [0.717, 1.165) is 23.3 Å². The number of likely N-dealkylation sites (tertiary alicyclic amines) is 1. The molecule has 2 fully saturated rings. The minimum Gasteiger partial charge on any atom is -0.445 e. The van der Waals surface area contributed by atoms with Crippen molar-refractivity contribution in [2.45, 2.75) is 25.1 Å². The molecule has 0 N–H and O–H groups in total. The van der Waals surface area contributed by atoms with Crippen molar-refractivity contribution in [3.05, 3.63) is 65.5 Å². The first-order valence-corrected chi connectivity index (χ1v) is 9.64. The fraction of sp³-hybridized carbons (Fsp3) is 0.350. The summed E-state index contributed by atoms with van der Waals surface area (Å²) in [5.41, 5.74) is 1.68. The van der Waals surface area contributed by atoms with Gasteiger partial charge in [-0.15, -0.1) is 0 Å². The van der Waals surface area contributed by atoms with Gasteiger partial charge >= 0.3 is 6.09 Å². The summed E-state index contributed by atoms with van der Waals surface area (Å²) in [6, 6.07) is 9.47. The molecule has 1 amide bonds. The molecule has 0 aliphatic carbocycles. The van der Waals surface area contributed by atoms with E-state index in [-0.39, 0.29) is 30.7 Å². The maximum absolute atomic E-state index is 13.0. The molecule has 4 heterocycles. The Kier molecular flexibility index (Phi) is 4.41. The normalized spacial score (nSPS) is 23.9. The van der Waals surface area contributed by atoms with Gasteiger partial charge in [-0.1, -0.05) is 41.9 Å². The van der Waals surface area contributed by atoms with Gasteiger partial charge in [-0.3, -0.25) is 9.30 Å². The number of nitrogens with zero attached hydrogens (tertiary/aromatic N) is 4. The number of fused-ring (bicyclic) bond motifs is 2. The minimum absolute atomic E-state index is 0.00191. The Balaban J connectivity index is 1.44. The topological polar surface area (TPSA) is 69.0 Å². The summed E-state index contributed by atoms with van der Waals surface area (Å²) in [5, 5.41) is 0.390. The average Bonchev–Trinajstić information content (AvgIpc) is 3.41. The standard InChI is InChI=1S/C20H19ClN4O3/c21-18-16-9-23-19(24(16)7-6-22-18)15-8-14-11-27-12-17(14)25(15)20(26)28-10-13-4-2-1-3-5-13/h1-7,9,14-15,17H,8,10-12H2/t14-,15-,17+/m0/s1. The number of carbonyl (C=O) groups excluding carboxylic acids is 1. The van der Waals surface area contributed by atoms with E-state index in [1.54, 1.807) is 17.3 Å². The van der Waals surface area contributed by atoms with Crippen molar-refractivity contribution in [1.29, 1.82) is 0 Å². The number of imidazole rings is 1. The quantitative estimate of drug-likeness (QED) is 0.675. The molecule has 1 aromatic carbocycles. The summed E-state index contributed by atoms with van der Waals surface area (Å²) in [7, 11) is 0. The SMILES string of the molecule is O=C(OCc1ccccc1)N1[C@@H]2COC[C@@H]2C[C@H]1c1ncc2c(Cl)nccn12. The van der Waals surface area contributed by atoms with Crippen LogP contribution in [0, 0.1) is 5.92 Å². The van der Waals surface area contributed by atoms with E-state index >= 15 is 0 Å². The van der Waals surface area contributed by atoms with Crippen LogP contribution in [0.2, 0.25) is 5.15 Å². The largest absolute Gasteiger partial charge is 0.445 e. The van der Waals surface area contributed by atoms with E-state index in [1.807, 2.05) is 40.9 Å². The van der Waals surface area contributed by atoms with Gasteiger partial charge in [-0.2, -0.15) is 0 Å². The third-order valence-corrected chi connectivity index (χ3v) is 5.83. The molecular weight excluding hydrogens is 380 g/mol. The van der Waals surface area contributed by atoms with Crippen molar-refractivity contribution < 1.29 is 14.3 Å². The number of hydrogen-bond donors (Lipinski definition) is 0. The average molecular weight is 399 g/mol. The molecule has 5 rings (SSSR count). The van der Waals surface area contributed by atoms with E-state index in [4.69, 9.17) is 21.1 Å². The van der Waals surface area contributed by atoms with Crippen LogP contribution in [-0.2, 0) is 16.1 Å². The van der Waals surface area contributed by atoms with Gasteiger partial charge < -0.3 is 9.47 Å². The van der Waals surface area contributed by atoms with Crippen molar-refractivity contribution in [2.75, 3.05) is 13.2 Å². The zero-order chi connectivity index (χ0) is 19.1. The van der Waals surface area contributed by atoms with Crippen LogP contribution in [0.1, 0.15) is 23.9 Å². The van der Waals surface area contributed by atoms with Crippen molar-refractivity contribution in [2.24, 2.45) is 5.92 Å². The van der Waals surface area contributed by atoms with Crippen molar-refractivity contribution in [1.82, 2.24) is 19.3 Å². The smallest absolute Gasteiger partial charge is 0.411 e. The first-order chi connectivity index (χ1) is 13.7. The first kappa shape index (κ1) is 17.5. The van der Waals surface area contributed by atoms with E-state index in [0.29, 0.717) is 18.4 Å². The third-order valence-electron chi connectivity index (χ3n) is 5.54. The van der Waals surface area contributed by atoms with Gasteiger partial charge in [0.1, 0.15) is 17.9 Å². The number of ether oxygens (including phenoxy) is 2. The Bertz CT molecular complexity index is 1010. The van der Waals surface area contributed by atoms with Crippen LogP contribution < -0.4 is 0 Å². The fourth-order valence-corrected chi connectivity index (χ4v) is 4.40. The van der Waals surface area contributed by atoms with Crippen LogP contribution in [0.15, 0.2) is 48.9 Å². The monoisotopic (exact) mass is 398 g/mol. The van der Waals surface area contributed by atoms with Crippen LogP contribution in [0.4, 0.5) is 4.79 Å². The Labute approximate surface area is 166 Å². The van der Waals surface area contributed by atoms with E-state index in [1.165, 1.54) is 0 Å². The lowest BCUT2D eigenvalue weighted by Gasteiger charge is -2.28. The molecule has 2 saturated heterocycles. The van der Waals surface area contributed by atoms with Gasteiger partial charge in [0, 0.05) is 18.3 Å².